The fourth-order valence-corrected chi connectivity index (χ4v) is 3.90. The van der Waals surface area contributed by atoms with Crippen LogP contribution in [0.25, 0.3) is 0 Å². The number of nitrogens with one attached hydrogen (secondary N) is 1. The molecule has 0 bridgehead atoms. The van der Waals surface area contributed by atoms with Crippen molar-refractivity contribution in [1.29, 1.82) is 0 Å². The average Bonchev–Trinajstić information content (AvgIpc) is 2.81. The average molecular weight is 373 g/mol. The summed E-state index contributed by atoms with van der Waals surface area (Å²) in [5.41, 5.74) is 6.54. The van der Waals surface area contributed by atoms with Crippen molar-refractivity contribution < 1.29 is 8.42 Å². The maximum Gasteiger partial charge on any atom is 0.246 e. The zero-order chi connectivity index (χ0) is 15.6. The van der Waals surface area contributed by atoms with Crippen LogP contribution < -0.4 is 10.5 Å². The Morgan fingerprint density at radius 1 is 1.43 bits per heavy atom. The highest BCUT2D eigenvalue weighted by molar-refractivity contribution is 9.10. The number of sulfonamides is 1. The largest absolute Gasteiger partial charge is 0.381 e. The van der Waals surface area contributed by atoms with E-state index in [1.54, 1.807) is 6.92 Å². The van der Waals surface area contributed by atoms with Crippen LogP contribution >= 0.6 is 15.9 Å². The number of hydrogen-bond acceptors (Lipinski definition) is 4. The van der Waals surface area contributed by atoms with E-state index >= 15 is 0 Å². The molecule has 0 aliphatic carbocycles. The fraction of sp³-hybridized carbons (Fsp3) is 0.308. The molecular formula is C13H17BrN4O2S. The summed E-state index contributed by atoms with van der Waals surface area (Å²) in [6, 6.07) is 7.06. The zero-order valence-corrected chi connectivity index (χ0v) is 14.1. The molecule has 1 aromatic carbocycles. The Morgan fingerprint density at radius 3 is 2.67 bits per heavy atom. The summed E-state index contributed by atoms with van der Waals surface area (Å²) in [6.07, 6.45) is 1.43. The maximum atomic E-state index is 12.4. The molecule has 0 fully saturated rings. The Kier molecular flexibility index (Phi) is 4.70. The second-order valence-corrected chi connectivity index (χ2v) is 7.14. The Hall–Kier alpha value is -1.38. The van der Waals surface area contributed by atoms with Gasteiger partial charge in [-0.2, -0.15) is 5.10 Å². The Bertz CT molecular complexity index is 742. The van der Waals surface area contributed by atoms with Gasteiger partial charge in [-0.25, -0.2) is 13.1 Å². The molecule has 0 aliphatic rings. The second-order valence-electron chi connectivity index (χ2n) is 4.60. The van der Waals surface area contributed by atoms with Gasteiger partial charge < -0.3 is 5.73 Å². The third kappa shape index (κ3) is 3.45. The van der Waals surface area contributed by atoms with Crippen LogP contribution in [-0.2, 0) is 16.6 Å². The van der Waals surface area contributed by atoms with Crippen molar-refractivity contribution in [1.82, 2.24) is 14.5 Å². The molecule has 1 aromatic heterocycles. The van der Waals surface area contributed by atoms with Gasteiger partial charge >= 0.3 is 0 Å². The van der Waals surface area contributed by atoms with Crippen molar-refractivity contribution in [3.05, 3.63) is 40.5 Å². The van der Waals surface area contributed by atoms with E-state index in [0.29, 0.717) is 6.54 Å². The summed E-state index contributed by atoms with van der Waals surface area (Å²) in [7, 11) is -3.72. The summed E-state index contributed by atoms with van der Waals surface area (Å²) in [5.74, 6) is 0.00340. The molecule has 114 valence electrons. The lowest BCUT2D eigenvalue weighted by atomic mass is 10.1. The topological polar surface area (TPSA) is 90.0 Å². The Labute approximate surface area is 132 Å². The van der Waals surface area contributed by atoms with Crippen LogP contribution in [0.1, 0.15) is 25.5 Å². The number of benzene rings is 1. The maximum absolute atomic E-state index is 12.4. The van der Waals surface area contributed by atoms with Crippen LogP contribution in [-0.4, -0.2) is 18.2 Å². The number of anilines is 1. The first-order chi connectivity index (χ1) is 9.85. The number of nitrogen functional groups attached to an aromatic ring is 1. The Morgan fingerprint density at radius 2 is 2.10 bits per heavy atom. The number of nitrogens with two attached hydrogens (primary N) is 1. The highest BCUT2D eigenvalue weighted by Crippen LogP contribution is 2.25. The minimum atomic E-state index is -3.72. The fourth-order valence-electron chi connectivity index (χ4n) is 1.97. The molecule has 2 rings (SSSR count). The standard InChI is InChI=1S/C13H17BrN4O2S/c1-3-18-8-12(13(15)16-18)21(19,20)17-9(2)10-6-4-5-7-11(10)14/h4-9,17H,3H2,1-2H3,(H2,15,16). The SMILES string of the molecule is CCn1cc(S(=O)(=O)NC(C)c2ccccc2Br)c(N)n1. The van der Waals surface area contributed by atoms with Gasteiger partial charge in [0.05, 0.1) is 0 Å². The molecule has 0 saturated heterocycles. The molecule has 1 unspecified atom stereocenters. The Balaban J connectivity index is 2.29. The van der Waals surface area contributed by atoms with Crippen LogP contribution in [0.4, 0.5) is 5.82 Å². The molecule has 2 aromatic rings. The van der Waals surface area contributed by atoms with Gasteiger partial charge in [0, 0.05) is 23.3 Å². The second kappa shape index (κ2) is 6.17. The van der Waals surface area contributed by atoms with Gasteiger partial charge in [0.15, 0.2) is 5.82 Å². The van der Waals surface area contributed by atoms with Gasteiger partial charge in [0.2, 0.25) is 10.0 Å². The summed E-state index contributed by atoms with van der Waals surface area (Å²) >= 11 is 3.41. The predicted molar refractivity (Wildman–Crippen MR) is 85.2 cm³/mol. The number of nitrogens with zero attached hydrogens (tertiary/aromatic N) is 2. The highest BCUT2D eigenvalue weighted by atomic mass is 79.9. The van der Waals surface area contributed by atoms with E-state index in [9.17, 15) is 8.42 Å². The number of rotatable bonds is 5. The monoisotopic (exact) mass is 372 g/mol. The number of aromatic nitrogens is 2. The summed E-state index contributed by atoms with van der Waals surface area (Å²) < 4.78 is 29.8. The van der Waals surface area contributed by atoms with Crippen molar-refractivity contribution in [3.63, 3.8) is 0 Å². The number of halogens is 1. The summed E-state index contributed by atoms with van der Waals surface area (Å²) in [4.78, 5) is 0.00301. The van der Waals surface area contributed by atoms with E-state index in [4.69, 9.17) is 5.73 Å². The van der Waals surface area contributed by atoms with Crippen LogP contribution in [0.3, 0.4) is 0 Å². The van der Waals surface area contributed by atoms with Crippen molar-refractivity contribution in [2.75, 3.05) is 5.73 Å². The first-order valence-electron chi connectivity index (χ1n) is 6.45. The molecule has 0 radical (unpaired) electrons. The van der Waals surface area contributed by atoms with E-state index in [-0.39, 0.29) is 10.7 Å². The minimum absolute atomic E-state index is 0.00301. The lowest BCUT2D eigenvalue weighted by Crippen LogP contribution is -2.27. The number of hydrogen-bond donors (Lipinski definition) is 2. The van der Waals surface area contributed by atoms with Crippen LogP contribution in [0.5, 0.6) is 0 Å². The molecule has 3 N–H and O–H groups in total. The van der Waals surface area contributed by atoms with Crippen LogP contribution in [0.2, 0.25) is 0 Å². The molecule has 21 heavy (non-hydrogen) atoms. The zero-order valence-electron chi connectivity index (χ0n) is 11.7. The normalized spacial score (nSPS) is 13.3. The smallest absolute Gasteiger partial charge is 0.246 e. The van der Waals surface area contributed by atoms with E-state index in [0.717, 1.165) is 10.0 Å². The van der Waals surface area contributed by atoms with E-state index < -0.39 is 16.1 Å². The van der Waals surface area contributed by atoms with Crippen molar-refractivity contribution in [2.24, 2.45) is 0 Å². The highest BCUT2D eigenvalue weighted by Gasteiger charge is 2.24. The van der Waals surface area contributed by atoms with Crippen molar-refractivity contribution in [3.8, 4) is 0 Å². The lowest BCUT2D eigenvalue weighted by molar-refractivity contribution is 0.566. The van der Waals surface area contributed by atoms with Crippen LogP contribution in [0.15, 0.2) is 39.8 Å². The molecule has 0 aliphatic heterocycles. The molecule has 0 spiro atoms. The van der Waals surface area contributed by atoms with Crippen molar-refractivity contribution >= 4 is 31.8 Å². The minimum Gasteiger partial charge on any atom is -0.381 e. The number of aryl methyl sites for hydroxylation is 1. The van der Waals surface area contributed by atoms with Gasteiger partial charge in [-0.05, 0) is 25.5 Å². The predicted octanol–water partition coefficient (Wildman–Crippen LogP) is 2.29. The van der Waals surface area contributed by atoms with E-state index in [1.165, 1.54) is 10.9 Å². The quantitative estimate of drug-likeness (QED) is 0.842. The summed E-state index contributed by atoms with van der Waals surface area (Å²) in [5, 5.41) is 3.96. The molecular weight excluding hydrogens is 356 g/mol. The van der Waals surface area contributed by atoms with E-state index in [1.807, 2.05) is 31.2 Å². The van der Waals surface area contributed by atoms with Crippen molar-refractivity contribution in [2.45, 2.75) is 31.3 Å². The third-order valence-electron chi connectivity index (χ3n) is 3.07. The van der Waals surface area contributed by atoms with Gasteiger partial charge in [-0.1, -0.05) is 34.1 Å². The molecule has 0 saturated carbocycles. The van der Waals surface area contributed by atoms with Crippen LogP contribution in [0, 0.1) is 0 Å². The molecule has 1 atom stereocenters. The lowest BCUT2D eigenvalue weighted by Gasteiger charge is -2.15. The molecule has 8 heteroatoms. The van der Waals surface area contributed by atoms with Gasteiger partial charge in [0.25, 0.3) is 0 Å². The van der Waals surface area contributed by atoms with Gasteiger partial charge in [0.1, 0.15) is 4.90 Å². The van der Waals surface area contributed by atoms with E-state index in [2.05, 4.69) is 25.8 Å². The molecule has 1 heterocycles. The first kappa shape index (κ1) is 16.0. The van der Waals surface area contributed by atoms with Gasteiger partial charge in [-0.15, -0.1) is 0 Å². The third-order valence-corrected chi connectivity index (χ3v) is 5.35. The first-order valence-corrected chi connectivity index (χ1v) is 8.72. The molecule has 6 nitrogen and oxygen atoms in total. The summed E-state index contributed by atoms with van der Waals surface area (Å²) in [6.45, 7) is 4.19. The molecule has 0 amide bonds. The van der Waals surface area contributed by atoms with Gasteiger partial charge in [-0.3, -0.25) is 4.68 Å².